The van der Waals surface area contributed by atoms with Crippen LogP contribution in [0.5, 0.6) is 0 Å². The normalized spacial score (nSPS) is 13.7. The van der Waals surface area contributed by atoms with Crippen LogP contribution in [0, 0.1) is 0 Å². The summed E-state index contributed by atoms with van der Waals surface area (Å²) in [5.41, 5.74) is 15.1. The van der Waals surface area contributed by atoms with Crippen LogP contribution in [0.4, 0.5) is 34.1 Å². The van der Waals surface area contributed by atoms with Crippen LogP contribution < -0.4 is 9.80 Å². The summed E-state index contributed by atoms with van der Waals surface area (Å²) in [6, 6.07) is 61.5. The molecule has 10 rings (SSSR count). The van der Waals surface area contributed by atoms with Crippen LogP contribution >= 0.6 is 0 Å². The van der Waals surface area contributed by atoms with E-state index >= 15 is 0 Å². The van der Waals surface area contributed by atoms with Crippen LogP contribution in [0.25, 0.3) is 53.9 Å². The zero-order valence-electron chi connectivity index (χ0n) is 47.5. The van der Waals surface area contributed by atoms with Gasteiger partial charge >= 0.3 is 0 Å². The molecule has 10 aromatic rings. The lowest BCUT2D eigenvalue weighted by Gasteiger charge is -2.34. The number of anilines is 6. The highest BCUT2D eigenvalue weighted by Gasteiger charge is 2.31. The molecule has 0 bridgehead atoms. The van der Waals surface area contributed by atoms with Gasteiger partial charge in [-0.25, -0.2) is 0 Å². The van der Waals surface area contributed by atoms with Crippen molar-refractivity contribution in [1.82, 2.24) is 0 Å². The summed E-state index contributed by atoms with van der Waals surface area (Å²) in [4.78, 5) is 5.27. The van der Waals surface area contributed by atoms with Crippen molar-refractivity contribution in [3.8, 4) is 0 Å². The predicted molar refractivity (Wildman–Crippen MR) is 327 cm³/mol. The Morgan fingerprint density at radius 2 is 0.635 bits per heavy atom. The molecule has 378 valence electrons. The first-order valence-corrected chi connectivity index (χ1v) is 27.6. The highest BCUT2D eigenvalue weighted by Crippen LogP contribution is 2.53. The fourth-order valence-corrected chi connectivity index (χ4v) is 11.5. The van der Waals surface area contributed by atoms with E-state index in [9.17, 15) is 0 Å². The van der Waals surface area contributed by atoms with Crippen molar-refractivity contribution in [2.24, 2.45) is 0 Å². The summed E-state index contributed by atoms with van der Waals surface area (Å²) in [6.07, 6.45) is 2.06. The van der Waals surface area contributed by atoms with Crippen LogP contribution in [0.3, 0.4) is 0 Å². The zero-order chi connectivity index (χ0) is 52.8. The van der Waals surface area contributed by atoms with E-state index in [4.69, 9.17) is 0 Å². The minimum absolute atomic E-state index is 0.0657. The Balaban J connectivity index is 1.40. The van der Waals surface area contributed by atoms with E-state index in [1.807, 2.05) is 0 Å². The molecule has 0 heterocycles. The van der Waals surface area contributed by atoms with Gasteiger partial charge in [0.15, 0.2) is 0 Å². The molecular formula is C72H80N2. The van der Waals surface area contributed by atoms with Crippen molar-refractivity contribution >= 4 is 88.0 Å². The molecule has 0 saturated heterocycles. The Bertz CT molecular complexity index is 3410. The van der Waals surface area contributed by atoms with E-state index in [1.165, 1.54) is 121 Å². The largest absolute Gasteiger partial charge is 0.309 e. The average molecular weight is 973 g/mol. The third kappa shape index (κ3) is 9.01. The van der Waals surface area contributed by atoms with Crippen molar-refractivity contribution < 1.29 is 0 Å². The molecule has 2 nitrogen and oxygen atoms in total. The average Bonchev–Trinajstić information content (AvgIpc) is 3.39. The summed E-state index contributed by atoms with van der Waals surface area (Å²) in [5, 5.41) is 12.9. The number of benzene rings is 10. The second-order valence-electron chi connectivity index (χ2n) is 25.9. The van der Waals surface area contributed by atoms with Gasteiger partial charge < -0.3 is 9.80 Å². The summed E-state index contributed by atoms with van der Waals surface area (Å²) >= 11 is 0. The van der Waals surface area contributed by atoms with Crippen molar-refractivity contribution in [3.63, 3.8) is 0 Å². The van der Waals surface area contributed by atoms with Gasteiger partial charge in [-0.1, -0.05) is 220 Å². The van der Waals surface area contributed by atoms with Crippen molar-refractivity contribution in [2.45, 2.75) is 157 Å². The lowest BCUT2D eigenvalue weighted by molar-refractivity contribution is 0.568. The Kier molecular flexibility index (Phi) is 12.8. The van der Waals surface area contributed by atoms with Crippen LogP contribution in [0.1, 0.15) is 169 Å². The lowest BCUT2D eigenvalue weighted by Crippen LogP contribution is -2.20. The minimum Gasteiger partial charge on any atom is -0.309 e. The van der Waals surface area contributed by atoms with Crippen LogP contribution in [-0.2, 0) is 21.7 Å². The number of nitrogens with zero attached hydrogens (tertiary/aromatic N) is 2. The van der Waals surface area contributed by atoms with Crippen molar-refractivity contribution in [2.75, 3.05) is 9.80 Å². The van der Waals surface area contributed by atoms with E-state index in [2.05, 4.69) is 278 Å². The Hall–Kier alpha value is -6.64. The smallest absolute Gasteiger partial charge is 0.0543 e. The molecule has 2 atom stereocenters. The summed E-state index contributed by atoms with van der Waals surface area (Å²) in [7, 11) is 0. The molecule has 0 aromatic heterocycles. The molecule has 0 spiro atoms. The van der Waals surface area contributed by atoms with Gasteiger partial charge in [-0.2, -0.15) is 0 Å². The van der Waals surface area contributed by atoms with E-state index in [0.717, 1.165) is 12.8 Å². The minimum atomic E-state index is -0.0657. The standard InChI is InChI=1S/C72H80N2/c1-17-45(3)61-43-65(73(63-31-23-27-47-25-19-21-29-55(47)63)53-39-49(69(5,6)7)37-50(40-53)70(8,9)10)59-36-34-58-62(46(4)18-2)44-66(60-35-33-57(61)67(59)68(58)60)74(64-32-24-28-48-26-20-22-30-56(48)64)54-41-51(71(11,12)13)38-52(42-54)72(14,15)16/h19-46H,17-18H2,1-16H3. The molecule has 74 heavy (non-hydrogen) atoms. The second-order valence-corrected chi connectivity index (χ2v) is 25.9. The number of fused-ring (bicyclic) bond motifs is 2. The topological polar surface area (TPSA) is 6.48 Å². The van der Waals surface area contributed by atoms with Gasteiger partial charge in [0.25, 0.3) is 0 Å². The quantitative estimate of drug-likeness (QED) is 0.126. The van der Waals surface area contributed by atoms with Gasteiger partial charge in [0.2, 0.25) is 0 Å². The number of rotatable bonds is 10. The molecule has 0 aliphatic rings. The zero-order valence-corrected chi connectivity index (χ0v) is 47.5. The summed E-state index contributed by atoms with van der Waals surface area (Å²) in [6.45, 7) is 37.9. The Morgan fingerprint density at radius 3 is 0.959 bits per heavy atom. The molecule has 2 heteroatoms. The molecular weight excluding hydrogens is 893 g/mol. The van der Waals surface area contributed by atoms with Gasteiger partial charge in [-0.05, 0) is 161 Å². The van der Waals surface area contributed by atoms with Crippen molar-refractivity contribution in [3.05, 3.63) is 191 Å². The molecule has 2 unspecified atom stereocenters. The molecule has 0 amide bonds. The van der Waals surface area contributed by atoms with E-state index in [1.54, 1.807) is 0 Å². The maximum absolute atomic E-state index is 2.63. The molecule has 10 aromatic carbocycles. The van der Waals surface area contributed by atoms with Crippen LogP contribution in [0.15, 0.2) is 158 Å². The number of hydrogen-bond donors (Lipinski definition) is 0. The predicted octanol–water partition coefficient (Wildman–Crippen LogP) is 22.0. The van der Waals surface area contributed by atoms with E-state index < -0.39 is 0 Å². The van der Waals surface area contributed by atoms with Crippen LogP contribution in [0.2, 0.25) is 0 Å². The fourth-order valence-electron chi connectivity index (χ4n) is 11.5. The Labute approximate surface area is 443 Å². The molecule has 0 aliphatic carbocycles. The van der Waals surface area contributed by atoms with E-state index in [-0.39, 0.29) is 21.7 Å². The monoisotopic (exact) mass is 973 g/mol. The highest BCUT2D eigenvalue weighted by molar-refractivity contribution is 6.30. The van der Waals surface area contributed by atoms with Gasteiger partial charge in [0.05, 0.1) is 22.7 Å². The van der Waals surface area contributed by atoms with Gasteiger partial charge in [0, 0.05) is 32.9 Å². The molecule has 0 aliphatic heterocycles. The summed E-state index contributed by atoms with van der Waals surface area (Å²) < 4.78 is 0. The molecule has 0 N–H and O–H groups in total. The third-order valence-electron chi connectivity index (χ3n) is 16.5. The first-order valence-electron chi connectivity index (χ1n) is 27.6. The first kappa shape index (κ1) is 50.9. The van der Waals surface area contributed by atoms with Crippen LogP contribution in [-0.4, -0.2) is 0 Å². The second kappa shape index (κ2) is 18.6. The van der Waals surface area contributed by atoms with Gasteiger partial charge in [-0.3, -0.25) is 0 Å². The molecule has 0 fully saturated rings. The SMILES string of the molecule is CCC(C)c1cc(N(c2cc(C(C)(C)C)cc(C(C)(C)C)c2)c2cccc3ccccc23)c2ccc3c(C(C)CC)cc(N(c4cc(C(C)(C)C)cc(C(C)(C)C)c4)c4cccc5ccccc45)c4ccc1c2c34. The van der Waals surface area contributed by atoms with Gasteiger partial charge in [-0.15, -0.1) is 0 Å². The Morgan fingerprint density at radius 1 is 0.324 bits per heavy atom. The van der Waals surface area contributed by atoms with Gasteiger partial charge in [0.1, 0.15) is 0 Å². The fraction of sp³-hybridized carbons (Fsp3) is 0.333. The molecule has 0 saturated carbocycles. The lowest BCUT2D eigenvalue weighted by atomic mass is 9.79. The highest BCUT2D eigenvalue weighted by atomic mass is 15.2. The van der Waals surface area contributed by atoms with Crippen molar-refractivity contribution in [1.29, 1.82) is 0 Å². The maximum Gasteiger partial charge on any atom is 0.0543 e. The molecule has 0 radical (unpaired) electrons. The van der Waals surface area contributed by atoms with E-state index in [0.29, 0.717) is 11.8 Å². The third-order valence-corrected chi connectivity index (χ3v) is 16.5. The maximum atomic E-state index is 2.63. The first-order chi connectivity index (χ1) is 35.0. The number of hydrogen-bond acceptors (Lipinski definition) is 2. The summed E-state index contributed by atoms with van der Waals surface area (Å²) in [5.74, 6) is 0.630.